The number of nitrogens with zero attached hydrogens (tertiary/aromatic N) is 3. The second-order valence-corrected chi connectivity index (χ2v) is 9.12. The fourth-order valence-electron chi connectivity index (χ4n) is 3.36. The SMILES string of the molecule is CC[C@H](NC(=O)c1cncc2c1cnn2-c1ccc(F)cc1)c1ccc(S(C)(=O)=O)[nH]1. The van der Waals surface area contributed by atoms with E-state index in [1.54, 1.807) is 35.3 Å². The fourth-order valence-corrected chi connectivity index (χ4v) is 3.98. The van der Waals surface area contributed by atoms with Gasteiger partial charge in [-0.2, -0.15) is 5.10 Å². The van der Waals surface area contributed by atoms with E-state index < -0.39 is 15.9 Å². The first kappa shape index (κ1) is 20.7. The maximum Gasteiger partial charge on any atom is 0.254 e. The lowest BCUT2D eigenvalue weighted by Crippen LogP contribution is -2.28. The number of fused-ring (bicyclic) bond motifs is 1. The van der Waals surface area contributed by atoms with E-state index in [-0.39, 0.29) is 16.8 Å². The van der Waals surface area contributed by atoms with Crippen molar-refractivity contribution < 1.29 is 17.6 Å². The Morgan fingerprint density at radius 3 is 2.55 bits per heavy atom. The van der Waals surface area contributed by atoms with E-state index in [2.05, 4.69) is 20.4 Å². The van der Waals surface area contributed by atoms with Crippen LogP contribution in [0.5, 0.6) is 0 Å². The number of hydrogen-bond donors (Lipinski definition) is 2. The van der Waals surface area contributed by atoms with Gasteiger partial charge in [0.15, 0.2) is 9.84 Å². The maximum absolute atomic E-state index is 13.2. The summed E-state index contributed by atoms with van der Waals surface area (Å²) in [6.45, 7) is 1.89. The molecule has 0 saturated heterocycles. The number of pyridine rings is 1. The van der Waals surface area contributed by atoms with Gasteiger partial charge in [0, 0.05) is 23.5 Å². The van der Waals surface area contributed by atoms with E-state index in [1.807, 2.05) is 6.92 Å². The lowest BCUT2D eigenvalue weighted by Gasteiger charge is -2.16. The van der Waals surface area contributed by atoms with Gasteiger partial charge in [0.25, 0.3) is 5.91 Å². The highest BCUT2D eigenvalue weighted by Crippen LogP contribution is 2.23. The highest BCUT2D eigenvalue weighted by atomic mass is 32.2. The zero-order valence-corrected chi connectivity index (χ0v) is 17.6. The van der Waals surface area contributed by atoms with Crippen LogP contribution < -0.4 is 5.32 Å². The average molecular weight is 441 g/mol. The Morgan fingerprint density at radius 2 is 1.90 bits per heavy atom. The molecule has 4 rings (SSSR count). The molecule has 2 N–H and O–H groups in total. The molecule has 0 saturated carbocycles. The second-order valence-electron chi connectivity index (χ2n) is 7.14. The summed E-state index contributed by atoms with van der Waals surface area (Å²) in [4.78, 5) is 20.1. The van der Waals surface area contributed by atoms with Gasteiger partial charge in [0.05, 0.1) is 35.2 Å². The summed E-state index contributed by atoms with van der Waals surface area (Å²) in [7, 11) is -3.37. The Hall–Kier alpha value is -3.53. The Kier molecular flexibility index (Phi) is 5.32. The van der Waals surface area contributed by atoms with Crippen LogP contribution in [-0.2, 0) is 9.84 Å². The van der Waals surface area contributed by atoms with Crippen molar-refractivity contribution >= 4 is 26.6 Å². The molecule has 31 heavy (non-hydrogen) atoms. The average Bonchev–Trinajstić information content (AvgIpc) is 3.39. The molecule has 0 bridgehead atoms. The first-order chi connectivity index (χ1) is 14.8. The minimum atomic E-state index is -3.37. The van der Waals surface area contributed by atoms with Crippen molar-refractivity contribution in [3.8, 4) is 5.69 Å². The molecule has 0 radical (unpaired) electrons. The van der Waals surface area contributed by atoms with Crippen LogP contribution in [0, 0.1) is 5.82 Å². The number of benzene rings is 1. The van der Waals surface area contributed by atoms with Gasteiger partial charge in [-0.3, -0.25) is 9.78 Å². The van der Waals surface area contributed by atoms with E-state index in [1.165, 1.54) is 24.4 Å². The second kappa shape index (κ2) is 7.95. The summed E-state index contributed by atoms with van der Waals surface area (Å²) in [6, 6.07) is 8.56. The monoisotopic (exact) mass is 441 g/mol. The molecule has 0 aliphatic rings. The van der Waals surface area contributed by atoms with Crippen molar-refractivity contribution in [3.05, 3.63) is 72.1 Å². The summed E-state index contributed by atoms with van der Waals surface area (Å²) in [5, 5.41) is 7.94. The molecular formula is C21H20FN5O3S. The van der Waals surface area contributed by atoms with E-state index >= 15 is 0 Å². The quantitative estimate of drug-likeness (QED) is 0.478. The van der Waals surface area contributed by atoms with Crippen molar-refractivity contribution in [2.75, 3.05) is 6.26 Å². The third-order valence-corrected chi connectivity index (χ3v) is 6.02. The molecule has 3 heterocycles. The summed E-state index contributed by atoms with van der Waals surface area (Å²) in [5.41, 5.74) is 2.17. The molecule has 10 heteroatoms. The first-order valence-corrected chi connectivity index (χ1v) is 11.4. The molecule has 1 amide bonds. The molecule has 0 aliphatic heterocycles. The zero-order valence-electron chi connectivity index (χ0n) is 16.8. The normalized spacial score (nSPS) is 12.7. The molecule has 0 unspecified atom stereocenters. The molecule has 160 valence electrons. The minimum absolute atomic E-state index is 0.0968. The molecule has 0 aliphatic carbocycles. The number of aromatic nitrogens is 4. The number of aromatic amines is 1. The van der Waals surface area contributed by atoms with Crippen molar-refractivity contribution in [2.24, 2.45) is 0 Å². The number of H-pyrrole nitrogens is 1. The van der Waals surface area contributed by atoms with Gasteiger partial charge in [0.1, 0.15) is 10.8 Å². The van der Waals surface area contributed by atoms with E-state index in [0.29, 0.717) is 34.3 Å². The summed E-state index contributed by atoms with van der Waals surface area (Å²) >= 11 is 0. The van der Waals surface area contributed by atoms with E-state index in [9.17, 15) is 17.6 Å². The van der Waals surface area contributed by atoms with Crippen LogP contribution in [0.25, 0.3) is 16.6 Å². The van der Waals surface area contributed by atoms with Gasteiger partial charge >= 0.3 is 0 Å². The van der Waals surface area contributed by atoms with Crippen molar-refractivity contribution in [2.45, 2.75) is 24.4 Å². The highest BCUT2D eigenvalue weighted by Gasteiger charge is 2.20. The number of hydrogen-bond acceptors (Lipinski definition) is 5. The zero-order chi connectivity index (χ0) is 22.2. The predicted octanol–water partition coefficient (Wildman–Crippen LogP) is 3.17. The van der Waals surface area contributed by atoms with Crippen LogP contribution in [0.1, 0.15) is 35.4 Å². The summed E-state index contributed by atoms with van der Waals surface area (Å²) < 4.78 is 38.3. The molecule has 1 aromatic carbocycles. The van der Waals surface area contributed by atoms with Gasteiger partial charge in [-0.15, -0.1) is 0 Å². The fraction of sp³-hybridized carbons (Fsp3) is 0.190. The van der Waals surface area contributed by atoms with Gasteiger partial charge in [-0.25, -0.2) is 17.5 Å². The molecule has 4 aromatic rings. The van der Waals surface area contributed by atoms with Crippen LogP contribution in [0.4, 0.5) is 4.39 Å². The molecule has 0 fully saturated rings. The lowest BCUT2D eigenvalue weighted by atomic mass is 10.1. The number of sulfone groups is 1. The molecule has 1 atom stereocenters. The minimum Gasteiger partial charge on any atom is -0.348 e. The lowest BCUT2D eigenvalue weighted by molar-refractivity contribution is 0.0936. The van der Waals surface area contributed by atoms with Crippen molar-refractivity contribution in [1.82, 2.24) is 25.1 Å². The standard InChI is InChI=1S/C21H20FN5O3S/c1-3-17(18-8-9-20(25-18)31(2,29)30)26-21(28)16-10-23-12-19-15(16)11-24-27(19)14-6-4-13(22)5-7-14/h4-12,17,25H,3H2,1-2H3,(H,26,28)/t17-/m0/s1. The van der Waals surface area contributed by atoms with Gasteiger partial charge in [-0.05, 0) is 42.8 Å². The molecular weight excluding hydrogens is 421 g/mol. The van der Waals surface area contributed by atoms with E-state index in [4.69, 9.17) is 0 Å². The largest absolute Gasteiger partial charge is 0.348 e. The summed E-state index contributed by atoms with van der Waals surface area (Å²) in [5.74, 6) is -0.716. The van der Waals surface area contributed by atoms with Crippen LogP contribution in [0.2, 0.25) is 0 Å². The molecule has 8 nitrogen and oxygen atoms in total. The van der Waals surface area contributed by atoms with Crippen LogP contribution >= 0.6 is 0 Å². The Morgan fingerprint density at radius 1 is 1.16 bits per heavy atom. The van der Waals surface area contributed by atoms with Gasteiger partial charge in [0.2, 0.25) is 0 Å². The predicted molar refractivity (Wildman–Crippen MR) is 113 cm³/mol. The number of carbonyl (C=O) groups excluding carboxylic acids is 1. The van der Waals surface area contributed by atoms with Gasteiger partial charge < -0.3 is 10.3 Å². The molecule has 3 aromatic heterocycles. The van der Waals surface area contributed by atoms with Crippen LogP contribution in [-0.4, -0.2) is 40.3 Å². The molecule has 0 spiro atoms. The summed E-state index contributed by atoms with van der Waals surface area (Å²) in [6.07, 6.45) is 6.27. The first-order valence-electron chi connectivity index (χ1n) is 9.55. The Balaban J connectivity index is 1.64. The van der Waals surface area contributed by atoms with E-state index in [0.717, 1.165) is 6.26 Å². The number of nitrogens with one attached hydrogen (secondary N) is 2. The number of rotatable bonds is 6. The van der Waals surface area contributed by atoms with Crippen LogP contribution in [0.3, 0.4) is 0 Å². The smallest absolute Gasteiger partial charge is 0.254 e. The van der Waals surface area contributed by atoms with Crippen LogP contribution in [0.15, 0.2) is 60.0 Å². The topological polar surface area (TPSA) is 110 Å². The Bertz CT molecular complexity index is 1360. The number of carbonyl (C=O) groups is 1. The highest BCUT2D eigenvalue weighted by molar-refractivity contribution is 7.90. The number of halogens is 1. The third-order valence-electron chi connectivity index (χ3n) is 4.98. The van der Waals surface area contributed by atoms with Crippen molar-refractivity contribution in [3.63, 3.8) is 0 Å². The maximum atomic E-state index is 13.2. The third kappa shape index (κ3) is 4.06. The van der Waals surface area contributed by atoms with Gasteiger partial charge in [-0.1, -0.05) is 6.92 Å². The number of amides is 1. The van der Waals surface area contributed by atoms with Crippen molar-refractivity contribution in [1.29, 1.82) is 0 Å². The Labute approximate surface area is 178 Å².